The molecule has 6 heteroatoms. The number of amides is 1. The van der Waals surface area contributed by atoms with E-state index in [1.165, 1.54) is 0 Å². The van der Waals surface area contributed by atoms with Gasteiger partial charge >= 0.3 is 0 Å². The Hall–Kier alpha value is -1.24. The number of carbonyl (C=O) groups excluding carboxylic acids is 1. The summed E-state index contributed by atoms with van der Waals surface area (Å²) in [4.78, 5) is 17.9. The Labute approximate surface area is 132 Å². The monoisotopic (exact) mass is 321 g/mol. The molecule has 2 aromatic heterocycles. The number of hydrogen-bond acceptors (Lipinski definition) is 5. The SMILES string of the molecule is NCC1(NC(=O)Cc2csc(-c3cccs3)n2)CCCC1. The molecule has 1 aliphatic carbocycles. The summed E-state index contributed by atoms with van der Waals surface area (Å²) < 4.78 is 0. The van der Waals surface area contributed by atoms with E-state index >= 15 is 0 Å². The van der Waals surface area contributed by atoms with E-state index in [0.717, 1.165) is 41.3 Å². The van der Waals surface area contributed by atoms with E-state index in [-0.39, 0.29) is 11.4 Å². The average Bonchev–Trinajstić information content (AvgIpc) is 3.19. The highest BCUT2D eigenvalue weighted by atomic mass is 32.1. The van der Waals surface area contributed by atoms with Crippen molar-refractivity contribution in [2.45, 2.75) is 37.6 Å². The van der Waals surface area contributed by atoms with Crippen LogP contribution in [0.5, 0.6) is 0 Å². The fourth-order valence-corrected chi connectivity index (χ4v) is 4.47. The van der Waals surface area contributed by atoms with Gasteiger partial charge in [0.1, 0.15) is 5.01 Å². The third-order valence-corrected chi connectivity index (χ3v) is 5.91. The minimum absolute atomic E-state index is 0.0328. The minimum Gasteiger partial charge on any atom is -0.349 e. The summed E-state index contributed by atoms with van der Waals surface area (Å²) in [5.74, 6) is 0.0328. The molecular weight excluding hydrogens is 302 g/mol. The van der Waals surface area contributed by atoms with Gasteiger partial charge in [0.2, 0.25) is 5.91 Å². The molecule has 2 aromatic rings. The summed E-state index contributed by atoms with van der Waals surface area (Å²) in [6, 6.07) is 4.06. The standard InChI is InChI=1S/C15H19N3OS2/c16-10-15(5-1-2-6-15)18-13(19)8-11-9-21-14(17-11)12-4-3-7-20-12/h3-4,7,9H,1-2,5-6,8,10,16H2,(H,18,19). The van der Waals surface area contributed by atoms with Crippen molar-refractivity contribution in [1.29, 1.82) is 0 Å². The first-order valence-electron chi connectivity index (χ1n) is 7.20. The van der Waals surface area contributed by atoms with Gasteiger partial charge in [0.25, 0.3) is 0 Å². The molecule has 3 N–H and O–H groups in total. The van der Waals surface area contributed by atoms with E-state index in [1.54, 1.807) is 22.7 Å². The summed E-state index contributed by atoms with van der Waals surface area (Å²) >= 11 is 3.26. The molecule has 112 valence electrons. The van der Waals surface area contributed by atoms with Crippen LogP contribution in [0.1, 0.15) is 31.4 Å². The zero-order valence-corrected chi connectivity index (χ0v) is 13.4. The molecule has 3 rings (SSSR count). The van der Waals surface area contributed by atoms with E-state index in [9.17, 15) is 4.79 Å². The van der Waals surface area contributed by atoms with Gasteiger partial charge in [0, 0.05) is 11.9 Å². The molecule has 1 aliphatic rings. The van der Waals surface area contributed by atoms with Gasteiger partial charge in [-0.05, 0) is 24.3 Å². The fraction of sp³-hybridized carbons (Fsp3) is 0.467. The van der Waals surface area contributed by atoms with Gasteiger partial charge in [-0.15, -0.1) is 22.7 Å². The second-order valence-electron chi connectivity index (χ2n) is 5.54. The van der Waals surface area contributed by atoms with Crippen LogP contribution < -0.4 is 11.1 Å². The average molecular weight is 321 g/mol. The molecule has 4 nitrogen and oxygen atoms in total. The lowest BCUT2D eigenvalue weighted by Crippen LogP contribution is -2.52. The zero-order valence-electron chi connectivity index (χ0n) is 11.8. The van der Waals surface area contributed by atoms with E-state index in [2.05, 4.69) is 16.4 Å². The Morgan fingerprint density at radius 2 is 2.19 bits per heavy atom. The second-order valence-corrected chi connectivity index (χ2v) is 7.34. The first-order valence-corrected chi connectivity index (χ1v) is 8.96. The number of aromatic nitrogens is 1. The molecule has 1 fully saturated rings. The van der Waals surface area contributed by atoms with E-state index < -0.39 is 0 Å². The zero-order chi connectivity index (χ0) is 14.7. The third kappa shape index (κ3) is 3.33. The lowest BCUT2D eigenvalue weighted by atomic mass is 9.97. The van der Waals surface area contributed by atoms with Crippen molar-refractivity contribution in [3.63, 3.8) is 0 Å². The van der Waals surface area contributed by atoms with Gasteiger partial charge in [-0.25, -0.2) is 4.98 Å². The lowest BCUT2D eigenvalue weighted by Gasteiger charge is -2.28. The van der Waals surface area contributed by atoms with Crippen molar-refractivity contribution in [2.24, 2.45) is 5.73 Å². The Balaban J connectivity index is 1.62. The number of nitrogens with zero attached hydrogens (tertiary/aromatic N) is 1. The maximum absolute atomic E-state index is 12.2. The molecule has 0 saturated heterocycles. The lowest BCUT2D eigenvalue weighted by molar-refractivity contribution is -0.122. The van der Waals surface area contributed by atoms with Crippen molar-refractivity contribution < 1.29 is 4.79 Å². The summed E-state index contributed by atoms with van der Waals surface area (Å²) in [5.41, 5.74) is 6.51. The molecule has 0 bridgehead atoms. The fourth-order valence-electron chi connectivity index (χ4n) is 2.84. The smallest absolute Gasteiger partial charge is 0.226 e. The molecular formula is C15H19N3OS2. The second kappa shape index (κ2) is 6.25. The van der Waals surface area contributed by atoms with Crippen molar-refractivity contribution in [3.8, 4) is 9.88 Å². The first kappa shape index (κ1) is 14.7. The first-order chi connectivity index (χ1) is 10.2. The number of rotatable bonds is 5. The van der Waals surface area contributed by atoms with E-state index in [4.69, 9.17) is 5.73 Å². The van der Waals surface area contributed by atoms with Crippen molar-refractivity contribution in [1.82, 2.24) is 10.3 Å². The maximum atomic E-state index is 12.2. The molecule has 0 aliphatic heterocycles. The Bertz CT molecular complexity index is 600. The highest BCUT2D eigenvalue weighted by molar-refractivity contribution is 7.20. The number of thiazole rings is 1. The number of thiophene rings is 1. The van der Waals surface area contributed by atoms with Crippen molar-refractivity contribution >= 4 is 28.6 Å². The summed E-state index contributed by atoms with van der Waals surface area (Å²) in [6.07, 6.45) is 4.62. The van der Waals surface area contributed by atoms with Gasteiger partial charge in [0.15, 0.2) is 0 Å². The highest BCUT2D eigenvalue weighted by Gasteiger charge is 2.33. The topological polar surface area (TPSA) is 68.0 Å². The number of nitrogens with two attached hydrogens (primary N) is 1. The van der Waals surface area contributed by atoms with Crippen molar-refractivity contribution in [3.05, 3.63) is 28.6 Å². The van der Waals surface area contributed by atoms with Gasteiger partial charge in [0.05, 0.1) is 22.5 Å². The molecule has 0 aromatic carbocycles. The molecule has 0 spiro atoms. The van der Waals surface area contributed by atoms with Gasteiger partial charge in [-0.2, -0.15) is 0 Å². The van der Waals surface area contributed by atoms with Crippen molar-refractivity contribution in [2.75, 3.05) is 6.54 Å². The highest BCUT2D eigenvalue weighted by Crippen LogP contribution is 2.30. The summed E-state index contributed by atoms with van der Waals surface area (Å²) in [6.45, 7) is 0.524. The predicted molar refractivity (Wildman–Crippen MR) is 87.5 cm³/mol. The van der Waals surface area contributed by atoms with Crippen LogP contribution in [0.3, 0.4) is 0 Å². The molecule has 0 atom stereocenters. The van der Waals surface area contributed by atoms with Crippen LogP contribution in [0.2, 0.25) is 0 Å². The van der Waals surface area contributed by atoms with E-state index in [0.29, 0.717) is 13.0 Å². The normalized spacial score (nSPS) is 17.0. The molecule has 2 heterocycles. The Morgan fingerprint density at radius 1 is 1.38 bits per heavy atom. The summed E-state index contributed by atoms with van der Waals surface area (Å²) in [7, 11) is 0. The number of nitrogens with one attached hydrogen (secondary N) is 1. The molecule has 0 radical (unpaired) electrons. The Morgan fingerprint density at radius 3 is 2.86 bits per heavy atom. The third-order valence-electron chi connectivity index (χ3n) is 3.98. The molecule has 21 heavy (non-hydrogen) atoms. The van der Waals surface area contributed by atoms with Crippen LogP contribution >= 0.6 is 22.7 Å². The summed E-state index contributed by atoms with van der Waals surface area (Å²) in [5, 5.41) is 8.13. The van der Waals surface area contributed by atoms with Crippen LogP contribution in [-0.4, -0.2) is 23.0 Å². The van der Waals surface area contributed by atoms with Crippen LogP contribution in [0.15, 0.2) is 22.9 Å². The van der Waals surface area contributed by atoms with Crippen LogP contribution in [0.4, 0.5) is 0 Å². The maximum Gasteiger partial charge on any atom is 0.226 e. The molecule has 0 unspecified atom stereocenters. The van der Waals surface area contributed by atoms with Gasteiger partial charge < -0.3 is 11.1 Å². The van der Waals surface area contributed by atoms with Gasteiger partial charge in [-0.1, -0.05) is 18.9 Å². The molecule has 1 saturated carbocycles. The quantitative estimate of drug-likeness (QED) is 0.890. The van der Waals surface area contributed by atoms with E-state index in [1.807, 2.05) is 16.8 Å². The Kier molecular flexibility index (Phi) is 4.37. The number of carbonyl (C=O) groups is 1. The van der Waals surface area contributed by atoms with Gasteiger partial charge in [-0.3, -0.25) is 4.79 Å². The van der Waals surface area contributed by atoms with Crippen LogP contribution in [0, 0.1) is 0 Å². The number of hydrogen-bond donors (Lipinski definition) is 2. The largest absolute Gasteiger partial charge is 0.349 e. The van der Waals surface area contributed by atoms with Crippen LogP contribution in [-0.2, 0) is 11.2 Å². The van der Waals surface area contributed by atoms with Crippen LogP contribution in [0.25, 0.3) is 9.88 Å². The molecule has 1 amide bonds. The minimum atomic E-state index is -0.177. The predicted octanol–water partition coefficient (Wildman–Crippen LogP) is 2.80.